The second-order valence-corrected chi connectivity index (χ2v) is 10.0. The minimum Gasteiger partial charge on any atom is -0.484 e. The highest BCUT2D eigenvalue weighted by atomic mass is 19.1. The van der Waals surface area contributed by atoms with E-state index >= 15 is 0 Å². The minimum absolute atomic E-state index is 0.00120. The molecule has 1 fully saturated rings. The molecule has 0 aliphatic carbocycles. The fraction of sp³-hybridized carbons (Fsp3) is 0.393. The first kappa shape index (κ1) is 28.2. The van der Waals surface area contributed by atoms with Gasteiger partial charge in [-0.25, -0.2) is 14.0 Å². The van der Waals surface area contributed by atoms with E-state index in [4.69, 9.17) is 19.7 Å². The number of benzene rings is 1. The van der Waals surface area contributed by atoms with Crippen LogP contribution in [0.1, 0.15) is 30.0 Å². The third-order valence-corrected chi connectivity index (χ3v) is 7.31. The molecule has 0 spiro atoms. The minimum atomic E-state index is -1.26. The number of hydrogen-bond donors (Lipinski definition) is 3. The van der Waals surface area contributed by atoms with Gasteiger partial charge in [-0.2, -0.15) is 5.10 Å². The van der Waals surface area contributed by atoms with Gasteiger partial charge in [-0.05, 0) is 49.5 Å². The Hall–Kier alpha value is -4.36. The van der Waals surface area contributed by atoms with E-state index in [0.717, 1.165) is 49.1 Å². The van der Waals surface area contributed by atoms with Gasteiger partial charge in [-0.15, -0.1) is 5.10 Å². The summed E-state index contributed by atoms with van der Waals surface area (Å²) in [6.45, 7) is 4.84. The molecule has 1 aromatic carbocycles. The molecule has 3 aliphatic heterocycles. The Balaban J connectivity index is 0.000000372. The number of aliphatic carboxylic acids is 2. The standard InChI is InChI=1S/C24H26FN5O3.C4H4O4/c25-19-3-1-15-2-4-21(31)30-14-16(22(19)23(15)30)13-29-7-5-17(6-8-29)26-12-18-11-20-24(28-27-18)33-10-9-32-20;5-3(6)1-2-4(7)8/h1-4,11,16-17,26H,5-10,12-14H2;1-2H,(H,5,6)(H,7,8)/b;2-1+. The highest BCUT2D eigenvalue weighted by Gasteiger charge is 2.31. The van der Waals surface area contributed by atoms with E-state index in [1.165, 1.54) is 6.07 Å². The average Bonchev–Trinajstić information content (AvgIpc) is 3.36. The summed E-state index contributed by atoms with van der Waals surface area (Å²) in [4.78, 5) is 33.9. The molecule has 1 unspecified atom stereocenters. The lowest BCUT2D eigenvalue weighted by molar-refractivity contribution is -0.134. The third-order valence-electron chi connectivity index (χ3n) is 7.31. The Morgan fingerprint density at radius 2 is 1.76 bits per heavy atom. The van der Waals surface area contributed by atoms with Gasteiger partial charge in [0, 0.05) is 61.4 Å². The van der Waals surface area contributed by atoms with E-state index in [9.17, 15) is 18.8 Å². The summed E-state index contributed by atoms with van der Waals surface area (Å²) >= 11 is 0. The van der Waals surface area contributed by atoms with E-state index in [-0.39, 0.29) is 17.3 Å². The normalized spacial score (nSPS) is 18.3. The van der Waals surface area contributed by atoms with E-state index in [1.807, 2.05) is 6.07 Å². The van der Waals surface area contributed by atoms with Crippen LogP contribution in [0.15, 0.2) is 47.3 Å². The Kier molecular flexibility index (Phi) is 8.55. The van der Waals surface area contributed by atoms with Gasteiger partial charge < -0.3 is 34.5 Å². The van der Waals surface area contributed by atoms with Crippen LogP contribution in [0.3, 0.4) is 0 Å². The molecule has 0 bridgehead atoms. The molecule has 3 aromatic rings. The zero-order chi connectivity index (χ0) is 28.9. The van der Waals surface area contributed by atoms with Crippen LogP contribution in [0.2, 0.25) is 0 Å². The van der Waals surface area contributed by atoms with Crippen molar-refractivity contribution >= 4 is 22.8 Å². The average molecular weight is 568 g/mol. The highest BCUT2D eigenvalue weighted by Crippen LogP contribution is 2.35. The Morgan fingerprint density at radius 1 is 1.05 bits per heavy atom. The number of pyridine rings is 1. The number of piperidine rings is 1. The van der Waals surface area contributed by atoms with Crippen LogP contribution < -0.4 is 20.3 Å². The van der Waals surface area contributed by atoms with Crippen LogP contribution in [0.25, 0.3) is 10.9 Å². The molecule has 6 rings (SSSR count). The fourth-order valence-electron chi connectivity index (χ4n) is 5.43. The van der Waals surface area contributed by atoms with Gasteiger partial charge in [0.1, 0.15) is 19.0 Å². The number of carboxylic acid groups (broad SMARTS) is 2. The van der Waals surface area contributed by atoms with Crippen molar-refractivity contribution in [2.75, 3.05) is 32.8 Å². The highest BCUT2D eigenvalue weighted by molar-refractivity contribution is 5.89. The SMILES string of the molecule is O=C(O)/C=C/C(=O)O.O=c1ccc2ccc(F)c3c2n1CC3CN1CCC(NCc2cc3c(nn2)OCCO3)CC1. The predicted molar refractivity (Wildman–Crippen MR) is 145 cm³/mol. The lowest BCUT2D eigenvalue weighted by Crippen LogP contribution is -2.43. The Labute approximate surface area is 234 Å². The van der Waals surface area contributed by atoms with Crippen molar-refractivity contribution < 1.29 is 33.7 Å². The number of nitrogens with one attached hydrogen (secondary N) is 1. The van der Waals surface area contributed by atoms with Crippen molar-refractivity contribution in [1.29, 1.82) is 0 Å². The van der Waals surface area contributed by atoms with Crippen LogP contribution in [0, 0.1) is 5.82 Å². The van der Waals surface area contributed by atoms with Crippen LogP contribution >= 0.6 is 0 Å². The number of likely N-dealkylation sites (tertiary alicyclic amines) is 1. The Morgan fingerprint density at radius 3 is 2.49 bits per heavy atom. The third kappa shape index (κ3) is 6.69. The molecule has 12 nitrogen and oxygen atoms in total. The van der Waals surface area contributed by atoms with Crippen molar-refractivity contribution in [2.45, 2.75) is 37.9 Å². The van der Waals surface area contributed by atoms with Crippen molar-refractivity contribution in [1.82, 2.24) is 25.0 Å². The molecule has 0 radical (unpaired) electrons. The number of ether oxygens (including phenoxy) is 2. The molecule has 1 atom stereocenters. The lowest BCUT2D eigenvalue weighted by Gasteiger charge is -2.34. The molecule has 3 aliphatic rings. The molecule has 0 saturated carbocycles. The first-order valence-electron chi connectivity index (χ1n) is 13.3. The lowest BCUT2D eigenvalue weighted by atomic mass is 9.97. The largest absolute Gasteiger partial charge is 0.484 e. The topological polar surface area (TPSA) is 156 Å². The first-order valence-corrected chi connectivity index (χ1v) is 13.3. The van der Waals surface area contributed by atoms with Crippen LogP contribution in [-0.2, 0) is 22.7 Å². The van der Waals surface area contributed by atoms with Gasteiger partial charge in [0.05, 0.1) is 11.2 Å². The van der Waals surface area contributed by atoms with Crippen molar-refractivity contribution in [3.05, 3.63) is 69.9 Å². The zero-order valence-corrected chi connectivity index (χ0v) is 22.2. The van der Waals surface area contributed by atoms with Gasteiger partial charge in [0.15, 0.2) is 5.75 Å². The van der Waals surface area contributed by atoms with E-state index in [2.05, 4.69) is 20.4 Å². The second kappa shape index (κ2) is 12.4. The van der Waals surface area contributed by atoms with Gasteiger partial charge in [-0.3, -0.25) is 4.79 Å². The number of nitrogens with zero attached hydrogens (tertiary/aromatic N) is 4. The summed E-state index contributed by atoms with van der Waals surface area (Å²) in [5.41, 5.74) is 2.24. The molecule has 216 valence electrons. The van der Waals surface area contributed by atoms with E-state index in [1.54, 1.807) is 22.8 Å². The molecule has 3 N–H and O–H groups in total. The van der Waals surface area contributed by atoms with Crippen LogP contribution in [0.4, 0.5) is 4.39 Å². The molecule has 5 heterocycles. The van der Waals surface area contributed by atoms with Crippen LogP contribution in [-0.4, -0.2) is 80.7 Å². The maximum Gasteiger partial charge on any atom is 0.328 e. The summed E-state index contributed by atoms with van der Waals surface area (Å²) in [6, 6.07) is 8.94. The summed E-state index contributed by atoms with van der Waals surface area (Å²) < 4.78 is 27.5. The smallest absolute Gasteiger partial charge is 0.328 e. The Bertz CT molecular complexity index is 1520. The van der Waals surface area contributed by atoms with Crippen molar-refractivity contribution in [3.8, 4) is 11.6 Å². The number of rotatable bonds is 7. The number of carboxylic acids is 2. The number of aromatic nitrogens is 3. The van der Waals surface area contributed by atoms with E-state index < -0.39 is 11.9 Å². The molecular weight excluding hydrogens is 537 g/mol. The molecule has 2 aromatic heterocycles. The zero-order valence-electron chi connectivity index (χ0n) is 22.2. The number of hydrogen-bond acceptors (Lipinski definition) is 9. The van der Waals surface area contributed by atoms with Crippen LogP contribution in [0.5, 0.6) is 11.6 Å². The molecule has 41 heavy (non-hydrogen) atoms. The fourth-order valence-corrected chi connectivity index (χ4v) is 5.43. The monoisotopic (exact) mass is 567 g/mol. The predicted octanol–water partition coefficient (Wildman–Crippen LogP) is 1.76. The van der Waals surface area contributed by atoms with Gasteiger partial charge >= 0.3 is 11.9 Å². The second-order valence-electron chi connectivity index (χ2n) is 10.0. The molecule has 13 heteroatoms. The van der Waals surface area contributed by atoms with Crippen molar-refractivity contribution in [3.63, 3.8) is 0 Å². The van der Waals surface area contributed by atoms with Gasteiger partial charge in [-0.1, -0.05) is 0 Å². The molecule has 0 amide bonds. The maximum absolute atomic E-state index is 14.7. The summed E-state index contributed by atoms with van der Waals surface area (Å²) in [6.07, 6.45) is 3.12. The summed E-state index contributed by atoms with van der Waals surface area (Å²) in [5.74, 6) is -1.61. The molecular formula is C28H30FN5O7. The maximum atomic E-state index is 14.7. The summed E-state index contributed by atoms with van der Waals surface area (Å²) in [7, 11) is 0. The van der Waals surface area contributed by atoms with Gasteiger partial charge in [0.25, 0.3) is 11.4 Å². The van der Waals surface area contributed by atoms with Crippen molar-refractivity contribution in [2.24, 2.45) is 0 Å². The molecule has 1 saturated heterocycles. The summed E-state index contributed by atoms with van der Waals surface area (Å²) in [5, 5.41) is 28.4. The number of fused-ring (bicyclic) bond motifs is 1. The van der Waals surface area contributed by atoms with Gasteiger partial charge in [0.2, 0.25) is 0 Å². The number of carbonyl (C=O) groups is 2. The first-order chi connectivity index (χ1) is 19.8. The number of halogens is 1. The van der Waals surface area contributed by atoms with E-state index in [0.29, 0.717) is 61.7 Å². The quantitative estimate of drug-likeness (QED) is 0.358.